The highest BCUT2D eigenvalue weighted by atomic mass is 19.4. The van der Waals surface area contributed by atoms with Gasteiger partial charge in [0.2, 0.25) is 0 Å². The monoisotopic (exact) mass is 412 g/mol. The number of nitrogens with zero attached hydrogens (tertiary/aromatic N) is 5. The third kappa shape index (κ3) is 5.21. The van der Waals surface area contributed by atoms with Crippen LogP contribution in [-0.2, 0) is 7.05 Å². The van der Waals surface area contributed by atoms with E-state index in [0.717, 1.165) is 12.8 Å². The van der Waals surface area contributed by atoms with Crippen LogP contribution in [0.3, 0.4) is 0 Å². The number of carbonyl (C=O) groups is 1. The lowest BCUT2D eigenvalue weighted by atomic mass is 9.86. The normalized spacial score (nSPS) is 15.8. The van der Waals surface area contributed by atoms with E-state index >= 15 is 0 Å². The number of alkyl halides is 3. The lowest BCUT2D eigenvalue weighted by Gasteiger charge is -2.30. The van der Waals surface area contributed by atoms with Gasteiger partial charge in [0.1, 0.15) is 11.4 Å². The highest BCUT2D eigenvalue weighted by molar-refractivity contribution is 5.93. The van der Waals surface area contributed by atoms with E-state index in [1.807, 2.05) is 20.8 Å². The average Bonchev–Trinajstić information content (AvgIpc) is 3.37. The molecular formula is C18H23F3N6O2. The smallest absolute Gasteiger partial charge is 0.422 e. The first kappa shape index (κ1) is 21.0. The zero-order chi connectivity index (χ0) is 21.4. The van der Waals surface area contributed by atoms with Gasteiger partial charge in [-0.05, 0) is 34.6 Å². The number of halogens is 3. The fraction of sp³-hybridized carbons (Fsp3) is 0.611. The molecule has 1 aliphatic carbocycles. The van der Waals surface area contributed by atoms with Crippen molar-refractivity contribution >= 4 is 5.91 Å². The largest absolute Gasteiger partial charge is 0.484 e. The summed E-state index contributed by atoms with van der Waals surface area (Å²) < 4.78 is 44.2. The van der Waals surface area contributed by atoms with Crippen molar-refractivity contribution in [2.75, 3.05) is 6.61 Å². The molecule has 1 saturated carbocycles. The maximum atomic E-state index is 12.8. The number of aryl methyl sites for hydroxylation is 1. The highest BCUT2D eigenvalue weighted by Crippen LogP contribution is 2.44. The zero-order valence-electron chi connectivity index (χ0n) is 16.6. The molecule has 2 aromatic heterocycles. The van der Waals surface area contributed by atoms with Gasteiger partial charge in [0.25, 0.3) is 5.91 Å². The van der Waals surface area contributed by atoms with E-state index in [1.165, 1.54) is 16.9 Å². The fourth-order valence-corrected chi connectivity index (χ4v) is 2.91. The summed E-state index contributed by atoms with van der Waals surface area (Å²) in [5.74, 6) is 0.0635. The van der Waals surface area contributed by atoms with Gasteiger partial charge in [-0.2, -0.15) is 13.2 Å². The first-order valence-electron chi connectivity index (χ1n) is 9.18. The van der Waals surface area contributed by atoms with Gasteiger partial charge in [0.15, 0.2) is 12.4 Å². The summed E-state index contributed by atoms with van der Waals surface area (Å²) in [7, 11) is 1.66. The Kier molecular flexibility index (Phi) is 5.50. The maximum Gasteiger partial charge on any atom is 0.422 e. The molecule has 11 heteroatoms. The molecule has 158 valence electrons. The summed E-state index contributed by atoms with van der Waals surface area (Å²) in [6.07, 6.45) is -1.32. The minimum Gasteiger partial charge on any atom is -0.484 e. The topological polar surface area (TPSA) is 94.8 Å². The number of pyridine rings is 1. The van der Waals surface area contributed by atoms with Gasteiger partial charge >= 0.3 is 6.18 Å². The third-order valence-corrected chi connectivity index (χ3v) is 4.59. The van der Waals surface area contributed by atoms with Gasteiger partial charge in [0.05, 0.1) is 6.04 Å². The van der Waals surface area contributed by atoms with E-state index in [9.17, 15) is 18.0 Å². The Balaban J connectivity index is 1.85. The van der Waals surface area contributed by atoms with Gasteiger partial charge in [-0.1, -0.05) is 20.8 Å². The van der Waals surface area contributed by atoms with Crippen molar-refractivity contribution in [3.05, 3.63) is 29.3 Å². The lowest BCUT2D eigenvalue weighted by Crippen LogP contribution is -2.38. The van der Waals surface area contributed by atoms with E-state index < -0.39 is 30.1 Å². The number of ether oxygens (including phenoxy) is 1. The van der Waals surface area contributed by atoms with Crippen molar-refractivity contribution < 1.29 is 22.7 Å². The number of nitrogens with one attached hydrogen (secondary N) is 1. The molecule has 1 N–H and O–H groups in total. The van der Waals surface area contributed by atoms with Gasteiger partial charge < -0.3 is 10.1 Å². The van der Waals surface area contributed by atoms with Crippen molar-refractivity contribution in [2.24, 2.45) is 12.5 Å². The van der Waals surface area contributed by atoms with Crippen LogP contribution in [0.25, 0.3) is 0 Å². The van der Waals surface area contributed by atoms with Crippen LogP contribution >= 0.6 is 0 Å². The Morgan fingerprint density at radius 1 is 1.34 bits per heavy atom. The third-order valence-electron chi connectivity index (χ3n) is 4.59. The van der Waals surface area contributed by atoms with Crippen molar-refractivity contribution in [3.63, 3.8) is 0 Å². The fourth-order valence-electron chi connectivity index (χ4n) is 2.91. The molecule has 2 aromatic rings. The molecule has 29 heavy (non-hydrogen) atoms. The second kappa shape index (κ2) is 7.60. The number of aromatic nitrogens is 5. The predicted molar refractivity (Wildman–Crippen MR) is 96.2 cm³/mol. The standard InChI is InChI=1S/C18H23F3N6O2/c1-17(2,3)14(15-24-25-26-27(15)4)23-16(28)12-7-13(29-9-18(19,20)21)11(8-22-12)10-5-6-10/h7-8,10,14H,5-6,9H2,1-4H3,(H,23,28)/t14-/m0/s1. The Labute approximate surface area is 165 Å². The van der Waals surface area contributed by atoms with Gasteiger partial charge in [-0.25, -0.2) is 4.68 Å². The second-order valence-electron chi connectivity index (χ2n) is 8.22. The molecule has 0 bridgehead atoms. The number of amides is 1. The molecule has 0 radical (unpaired) electrons. The van der Waals surface area contributed by atoms with Crippen LogP contribution in [0.1, 0.15) is 67.4 Å². The lowest BCUT2D eigenvalue weighted by molar-refractivity contribution is -0.153. The van der Waals surface area contributed by atoms with E-state index in [4.69, 9.17) is 4.74 Å². The number of carbonyl (C=O) groups excluding carboxylic acids is 1. The minimum atomic E-state index is -4.47. The molecule has 3 rings (SSSR count). The quantitative estimate of drug-likeness (QED) is 0.784. The molecule has 2 heterocycles. The summed E-state index contributed by atoms with van der Waals surface area (Å²) in [6, 6.07) is 0.725. The van der Waals surface area contributed by atoms with Crippen molar-refractivity contribution in [1.29, 1.82) is 0 Å². The van der Waals surface area contributed by atoms with Crippen LogP contribution in [0.15, 0.2) is 12.3 Å². The second-order valence-corrected chi connectivity index (χ2v) is 8.22. The van der Waals surface area contributed by atoms with E-state index in [1.54, 1.807) is 7.05 Å². The molecule has 1 amide bonds. The predicted octanol–water partition coefficient (Wildman–Crippen LogP) is 2.94. The Morgan fingerprint density at radius 3 is 2.55 bits per heavy atom. The number of hydrogen-bond donors (Lipinski definition) is 1. The van der Waals surface area contributed by atoms with Crippen LogP contribution in [0, 0.1) is 5.41 Å². The molecule has 1 fully saturated rings. The molecule has 0 aliphatic heterocycles. The number of hydrogen-bond acceptors (Lipinski definition) is 6. The summed E-state index contributed by atoms with van der Waals surface area (Å²) in [4.78, 5) is 17.0. The van der Waals surface area contributed by atoms with E-state index in [0.29, 0.717) is 11.4 Å². The summed E-state index contributed by atoms with van der Waals surface area (Å²) in [5, 5.41) is 14.2. The average molecular weight is 412 g/mol. The molecule has 0 unspecified atom stereocenters. The molecular weight excluding hydrogens is 389 g/mol. The molecule has 1 aliphatic rings. The van der Waals surface area contributed by atoms with Gasteiger partial charge in [-0.3, -0.25) is 9.78 Å². The van der Waals surface area contributed by atoms with Crippen molar-refractivity contribution in [1.82, 2.24) is 30.5 Å². The van der Waals surface area contributed by atoms with Gasteiger partial charge in [0, 0.05) is 24.9 Å². The summed E-state index contributed by atoms with van der Waals surface area (Å²) in [5.41, 5.74) is 0.133. The Morgan fingerprint density at radius 2 is 2.03 bits per heavy atom. The first-order chi connectivity index (χ1) is 13.5. The van der Waals surface area contributed by atoms with E-state index in [-0.39, 0.29) is 17.4 Å². The van der Waals surface area contributed by atoms with E-state index in [2.05, 4.69) is 25.8 Å². The zero-order valence-corrected chi connectivity index (χ0v) is 16.6. The van der Waals surface area contributed by atoms with Crippen LogP contribution in [0.2, 0.25) is 0 Å². The van der Waals surface area contributed by atoms with Crippen molar-refractivity contribution in [2.45, 2.75) is 51.7 Å². The van der Waals surface area contributed by atoms with Crippen LogP contribution in [-0.4, -0.2) is 43.9 Å². The van der Waals surface area contributed by atoms with Crippen LogP contribution in [0.5, 0.6) is 5.75 Å². The maximum absolute atomic E-state index is 12.8. The van der Waals surface area contributed by atoms with Crippen molar-refractivity contribution in [3.8, 4) is 5.75 Å². The van der Waals surface area contributed by atoms with Gasteiger partial charge in [-0.15, -0.1) is 5.10 Å². The Bertz CT molecular complexity index is 886. The van der Waals surface area contributed by atoms with Crippen LogP contribution < -0.4 is 10.1 Å². The SMILES string of the molecule is Cn1nnnc1[C@H](NC(=O)c1cc(OCC(F)(F)F)c(C2CC2)cn1)C(C)(C)C. The molecule has 0 aromatic carbocycles. The molecule has 8 nitrogen and oxygen atoms in total. The Hall–Kier alpha value is -2.72. The van der Waals surface area contributed by atoms with Crippen LogP contribution in [0.4, 0.5) is 13.2 Å². The molecule has 0 spiro atoms. The summed E-state index contributed by atoms with van der Waals surface area (Å²) in [6.45, 7) is 4.31. The summed E-state index contributed by atoms with van der Waals surface area (Å²) >= 11 is 0. The number of tetrazole rings is 1. The highest BCUT2D eigenvalue weighted by Gasteiger charge is 2.34. The molecule has 1 atom stereocenters. The first-order valence-corrected chi connectivity index (χ1v) is 9.18. The molecule has 0 saturated heterocycles. The number of rotatable bonds is 6. The minimum absolute atomic E-state index is 0.0315.